The molecule has 1 aliphatic heterocycles. The number of nitrogens with one attached hydrogen (secondary N) is 1. The first-order valence-electron chi connectivity index (χ1n) is 9.26. The van der Waals surface area contributed by atoms with Gasteiger partial charge in [-0.15, -0.1) is 0 Å². The number of nitrogens with zero attached hydrogens (tertiary/aromatic N) is 1. The molecule has 156 valence electrons. The zero-order valence-corrected chi connectivity index (χ0v) is 16.6. The second-order valence-electron chi connectivity index (χ2n) is 6.71. The molecule has 2 amide bonds. The molecule has 7 nitrogen and oxygen atoms in total. The maximum Gasteiger partial charge on any atom is 0.414 e. The van der Waals surface area contributed by atoms with E-state index in [1.54, 1.807) is 48.6 Å². The number of hydrogen-bond acceptors (Lipinski definition) is 5. The Bertz CT molecular complexity index is 1000. The van der Waals surface area contributed by atoms with Gasteiger partial charge in [-0.2, -0.15) is 0 Å². The summed E-state index contributed by atoms with van der Waals surface area (Å²) in [5, 5.41) is 2.59. The maximum absolute atomic E-state index is 14.6. The van der Waals surface area contributed by atoms with Crippen LogP contribution >= 0.6 is 0 Å². The number of carbonyl (C=O) groups is 3. The molecular weight excluding hydrogens is 391 g/mol. The standard InChI is InChI=1S/C22H21FN2O5/c1-14(26)24-12-19-13-25(22(28)30-19)18-9-8-16(20(23)11-18)7-6-15-4-3-5-17(10-15)21(27)29-2/h3-11,19H,12-13H2,1-2H3,(H,24,26)/t19-/m0/s1. The van der Waals surface area contributed by atoms with Crippen molar-refractivity contribution in [3.05, 3.63) is 65.0 Å². The van der Waals surface area contributed by atoms with Crippen molar-refractivity contribution in [2.75, 3.05) is 25.1 Å². The summed E-state index contributed by atoms with van der Waals surface area (Å²) in [5.74, 6) is -1.18. The highest BCUT2D eigenvalue weighted by atomic mass is 19.1. The quantitative estimate of drug-likeness (QED) is 0.582. The van der Waals surface area contributed by atoms with Crippen LogP contribution in [0.25, 0.3) is 12.2 Å². The number of amides is 2. The van der Waals surface area contributed by atoms with Gasteiger partial charge in [0.05, 0.1) is 31.5 Å². The van der Waals surface area contributed by atoms with Crippen LogP contribution in [-0.4, -0.2) is 44.3 Å². The van der Waals surface area contributed by atoms with Gasteiger partial charge in [0.25, 0.3) is 0 Å². The van der Waals surface area contributed by atoms with Gasteiger partial charge in [-0.3, -0.25) is 9.69 Å². The van der Waals surface area contributed by atoms with Crippen LogP contribution in [-0.2, 0) is 14.3 Å². The van der Waals surface area contributed by atoms with Crippen molar-refractivity contribution in [2.45, 2.75) is 13.0 Å². The van der Waals surface area contributed by atoms with E-state index in [0.29, 0.717) is 22.4 Å². The topological polar surface area (TPSA) is 84.9 Å². The number of rotatable bonds is 6. The lowest BCUT2D eigenvalue weighted by atomic mass is 10.1. The van der Waals surface area contributed by atoms with Crippen molar-refractivity contribution in [3.8, 4) is 0 Å². The predicted molar refractivity (Wildman–Crippen MR) is 109 cm³/mol. The predicted octanol–water partition coefficient (Wildman–Crippen LogP) is 3.24. The minimum Gasteiger partial charge on any atom is -0.465 e. The largest absolute Gasteiger partial charge is 0.465 e. The third-order valence-corrected chi connectivity index (χ3v) is 4.51. The van der Waals surface area contributed by atoms with Crippen LogP contribution in [0.3, 0.4) is 0 Å². The first kappa shape index (κ1) is 21.0. The fraction of sp³-hybridized carbons (Fsp3) is 0.227. The SMILES string of the molecule is COC(=O)c1cccc(C=Cc2ccc(N3C[C@H](CNC(C)=O)OC3=O)cc2F)c1. The lowest BCUT2D eigenvalue weighted by molar-refractivity contribution is -0.119. The summed E-state index contributed by atoms with van der Waals surface area (Å²) >= 11 is 0. The summed E-state index contributed by atoms with van der Waals surface area (Å²) in [7, 11) is 1.31. The van der Waals surface area contributed by atoms with Gasteiger partial charge in [-0.1, -0.05) is 24.3 Å². The fourth-order valence-corrected chi connectivity index (χ4v) is 2.99. The molecule has 0 spiro atoms. The van der Waals surface area contributed by atoms with Crippen molar-refractivity contribution < 1.29 is 28.2 Å². The number of methoxy groups -OCH3 is 1. The highest BCUT2D eigenvalue weighted by molar-refractivity contribution is 5.91. The molecule has 0 aromatic heterocycles. The Morgan fingerprint density at radius 3 is 2.77 bits per heavy atom. The fourth-order valence-electron chi connectivity index (χ4n) is 2.99. The molecule has 8 heteroatoms. The molecule has 0 unspecified atom stereocenters. The van der Waals surface area contributed by atoms with Crippen molar-refractivity contribution in [1.29, 1.82) is 0 Å². The van der Waals surface area contributed by atoms with E-state index in [0.717, 1.165) is 0 Å². The smallest absolute Gasteiger partial charge is 0.414 e. The van der Waals surface area contributed by atoms with Crippen LogP contribution < -0.4 is 10.2 Å². The Hall–Kier alpha value is -3.68. The summed E-state index contributed by atoms with van der Waals surface area (Å²) < 4.78 is 24.5. The third kappa shape index (κ3) is 5.02. The van der Waals surface area contributed by atoms with Gasteiger partial charge in [0.2, 0.25) is 5.91 Å². The van der Waals surface area contributed by atoms with Gasteiger partial charge in [-0.05, 0) is 35.9 Å². The number of anilines is 1. The normalized spacial score (nSPS) is 15.9. The number of halogens is 1. The molecule has 0 aliphatic carbocycles. The van der Waals surface area contributed by atoms with Gasteiger partial charge in [0.15, 0.2) is 0 Å². The van der Waals surface area contributed by atoms with Crippen LogP contribution in [0.5, 0.6) is 0 Å². The number of benzene rings is 2. The molecule has 30 heavy (non-hydrogen) atoms. The molecule has 1 atom stereocenters. The highest BCUT2D eigenvalue weighted by Crippen LogP contribution is 2.25. The van der Waals surface area contributed by atoms with E-state index in [2.05, 4.69) is 5.32 Å². The molecule has 1 N–H and O–H groups in total. The molecule has 2 aromatic rings. The van der Waals surface area contributed by atoms with Crippen molar-refractivity contribution in [2.24, 2.45) is 0 Å². The van der Waals surface area contributed by atoms with E-state index >= 15 is 0 Å². The van der Waals surface area contributed by atoms with Crippen molar-refractivity contribution in [1.82, 2.24) is 5.32 Å². The van der Waals surface area contributed by atoms with Gasteiger partial charge >= 0.3 is 12.1 Å². The Morgan fingerprint density at radius 1 is 1.27 bits per heavy atom. The van der Waals surface area contributed by atoms with Crippen LogP contribution in [0.1, 0.15) is 28.4 Å². The van der Waals surface area contributed by atoms with Crippen LogP contribution in [0.4, 0.5) is 14.9 Å². The van der Waals surface area contributed by atoms with Gasteiger partial charge in [0.1, 0.15) is 11.9 Å². The zero-order valence-electron chi connectivity index (χ0n) is 16.6. The Kier molecular flexibility index (Phi) is 6.46. The average molecular weight is 412 g/mol. The van der Waals surface area contributed by atoms with E-state index in [1.807, 2.05) is 0 Å². The number of esters is 1. The van der Waals surface area contributed by atoms with E-state index in [9.17, 15) is 18.8 Å². The first-order valence-corrected chi connectivity index (χ1v) is 9.26. The molecule has 1 heterocycles. The number of cyclic esters (lactones) is 1. The van der Waals surface area contributed by atoms with E-state index < -0.39 is 24.0 Å². The van der Waals surface area contributed by atoms with Crippen LogP contribution in [0, 0.1) is 5.82 Å². The molecule has 1 saturated heterocycles. The highest BCUT2D eigenvalue weighted by Gasteiger charge is 2.32. The summed E-state index contributed by atoms with van der Waals surface area (Å²) in [6.07, 6.45) is 2.17. The zero-order chi connectivity index (χ0) is 21.7. The lowest BCUT2D eigenvalue weighted by Crippen LogP contribution is -2.33. The number of hydrogen-bond donors (Lipinski definition) is 1. The molecule has 0 bridgehead atoms. The molecule has 3 rings (SSSR count). The van der Waals surface area contributed by atoms with Crippen LogP contribution in [0.15, 0.2) is 42.5 Å². The van der Waals surface area contributed by atoms with E-state index in [4.69, 9.17) is 9.47 Å². The monoisotopic (exact) mass is 412 g/mol. The summed E-state index contributed by atoms with van der Waals surface area (Å²) in [6.45, 7) is 1.79. The molecule has 0 radical (unpaired) electrons. The Morgan fingerprint density at radius 2 is 2.07 bits per heavy atom. The average Bonchev–Trinajstić information content (AvgIpc) is 3.11. The van der Waals surface area contributed by atoms with Gasteiger partial charge in [0, 0.05) is 12.5 Å². The number of ether oxygens (including phenoxy) is 2. The summed E-state index contributed by atoms with van der Waals surface area (Å²) in [6, 6.07) is 11.2. The molecule has 1 aliphatic rings. The second kappa shape index (κ2) is 9.21. The summed E-state index contributed by atoms with van der Waals surface area (Å²) in [4.78, 5) is 36.0. The lowest BCUT2D eigenvalue weighted by Gasteiger charge is -2.13. The molecular formula is C22H21FN2O5. The Balaban J connectivity index is 1.71. The summed E-state index contributed by atoms with van der Waals surface area (Å²) in [5.41, 5.74) is 1.80. The van der Waals surface area contributed by atoms with E-state index in [1.165, 1.54) is 25.0 Å². The van der Waals surface area contributed by atoms with Gasteiger partial charge < -0.3 is 14.8 Å². The van der Waals surface area contributed by atoms with Crippen molar-refractivity contribution in [3.63, 3.8) is 0 Å². The second-order valence-corrected chi connectivity index (χ2v) is 6.71. The molecule has 0 saturated carbocycles. The first-order chi connectivity index (χ1) is 14.4. The molecule has 1 fully saturated rings. The molecule has 2 aromatic carbocycles. The van der Waals surface area contributed by atoms with Gasteiger partial charge in [-0.25, -0.2) is 14.0 Å². The minimum atomic E-state index is -0.590. The maximum atomic E-state index is 14.6. The Labute approximate surface area is 173 Å². The van der Waals surface area contributed by atoms with Crippen LogP contribution in [0.2, 0.25) is 0 Å². The minimum absolute atomic E-state index is 0.200. The number of carbonyl (C=O) groups excluding carboxylic acids is 3. The van der Waals surface area contributed by atoms with Crippen molar-refractivity contribution >= 4 is 35.8 Å². The third-order valence-electron chi connectivity index (χ3n) is 4.51. The van der Waals surface area contributed by atoms with E-state index in [-0.39, 0.29) is 19.0 Å².